The first-order valence-electron chi connectivity index (χ1n) is 11.6. The maximum Gasteiger partial charge on any atom is 0.326 e. The van der Waals surface area contributed by atoms with Crippen molar-refractivity contribution in [3.8, 4) is 0 Å². The Bertz CT molecular complexity index is 1160. The molecule has 12 nitrogen and oxygen atoms in total. The number of fused-ring (bicyclic) bond motifs is 1. The Hall–Kier alpha value is -2.80. The maximum absolute atomic E-state index is 12.9. The van der Waals surface area contributed by atoms with Crippen molar-refractivity contribution in [2.75, 3.05) is 23.7 Å². The number of aromatic nitrogens is 4. The molecule has 1 aliphatic heterocycles. The lowest BCUT2D eigenvalue weighted by Crippen LogP contribution is -2.47. The second-order valence-corrected chi connectivity index (χ2v) is 12.0. The highest BCUT2D eigenvalue weighted by Crippen LogP contribution is 2.27. The lowest BCUT2D eigenvalue weighted by atomic mass is 9.97. The third-order valence-corrected chi connectivity index (χ3v) is 7.22. The molecule has 2 aromatic heterocycles. The van der Waals surface area contributed by atoms with E-state index in [1.165, 1.54) is 12.7 Å². The van der Waals surface area contributed by atoms with Crippen molar-refractivity contribution in [3.63, 3.8) is 0 Å². The molecule has 2 N–H and O–H groups in total. The number of carbonyl (C=O) groups is 2. The Morgan fingerprint density at radius 1 is 1.20 bits per heavy atom. The van der Waals surface area contributed by atoms with Crippen LogP contribution in [0, 0.1) is 11.8 Å². The number of sulfonamides is 1. The minimum Gasteiger partial charge on any atom is -0.481 e. The molecule has 13 heteroatoms. The number of carbonyl (C=O) groups excluding carboxylic acids is 1. The molecule has 2 aromatic rings. The number of hydrogen-bond acceptors (Lipinski definition) is 9. The summed E-state index contributed by atoms with van der Waals surface area (Å²) >= 11 is 0. The number of imidazole rings is 1. The van der Waals surface area contributed by atoms with Crippen LogP contribution in [-0.2, 0) is 30.9 Å². The summed E-state index contributed by atoms with van der Waals surface area (Å²) in [6, 6.07) is -1.18. The number of ether oxygens (including phenoxy) is 1. The van der Waals surface area contributed by atoms with E-state index in [2.05, 4.69) is 19.7 Å². The number of carboxylic acid groups (broad SMARTS) is 1. The maximum atomic E-state index is 12.9. The quantitative estimate of drug-likeness (QED) is 0.473. The molecule has 0 amide bonds. The normalized spacial score (nSPS) is 16.6. The Kier molecular flexibility index (Phi) is 8.00. The monoisotopic (exact) mass is 510 g/mol. The first kappa shape index (κ1) is 26.8. The SMILES string of the molecule is CC(C)CS(=O)(=O)N[C@@H](Cn1cnc2c(N3CCC(C(=O)O)CC3)ncnc21)C(=O)OC(C)(C)C. The molecule has 0 saturated carbocycles. The van der Waals surface area contributed by atoms with Gasteiger partial charge < -0.3 is 19.3 Å². The molecule has 1 saturated heterocycles. The highest BCUT2D eigenvalue weighted by Gasteiger charge is 2.31. The molecule has 3 rings (SSSR count). The molecule has 0 aromatic carbocycles. The zero-order valence-electron chi connectivity index (χ0n) is 20.8. The van der Waals surface area contributed by atoms with E-state index in [4.69, 9.17) is 4.74 Å². The summed E-state index contributed by atoms with van der Waals surface area (Å²) in [6.07, 6.45) is 3.87. The molecule has 3 heterocycles. The number of anilines is 1. The van der Waals surface area contributed by atoms with Gasteiger partial charge in [0.15, 0.2) is 17.0 Å². The standard InChI is InChI=1S/C22H34N6O6S/c1-14(2)11-35(32,33)26-16(21(31)34-22(3,4)5)10-28-13-25-17-18(23-12-24-19(17)28)27-8-6-15(7-9-27)20(29)30/h12-16,26H,6-11H2,1-5H3,(H,29,30)/t16-/m0/s1. The molecule has 1 fully saturated rings. The molecule has 0 spiro atoms. The minimum absolute atomic E-state index is 0.0692. The largest absolute Gasteiger partial charge is 0.481 e. The van der Waals surface area contributed by atoms with Gasteiger partial charge in [0.05, 0.1) is 24.5 Å². The molecular formula is C22H34N6O6S. The van der Waals surface area contributed by atoms with Crippen LogP contribution in [0.4, 0.5) is 5.82 Å². The molecule has 1 atom stereocenters. The van der Waals surface area contributed by atoms with Gasteiger partial charge in [0.1, 0.15) is 18.0 Å². The van der Waals surface area contributed by atoms with Crippen LogP contribution in [0.1, 0.15) is 47.5 Å². The molecule has 35 heavy (non-hydrogen) atoms. The minimum atomic E-state index is -3.75. The summed E-state index contributed by atoms with van der Waals surface area (Å²) in [7, 11) is -3.75. The van der Waals surface area contributed by atoms with E-state index in [9.17, 15) is 23.1 Å². The topological polar surface area (TPSA) is 157 Å². The van der Waals surface area contributed by atoms with Gasteiger partial charge in [-0.1, -0.05) is 13.8 Å². The lowest BCUT2D eigenvalue weighted by Gasteiger charge is -2.30. The lowest BCUT2D eigenvalue weighted by molar-refractivity contribution is -0.157. The number of aliphatic carboxylic acids is 1. The van der Waals surface area contributed by atoms with Crippen LogP contribution in [0.3, 0.4) is 0 Å². The first-order chi connectivity index (χ1) is 16.3. The second kappa shape index (κ2) is 10.4. The second-order valence-electron chi connectivity index (χ2n) is 10.2. The number of piperidine rings is 1. The predicted octanol–water partition coefficient (Wildman–Crippen LogP) is 1.41. The van der Waals surface area contributed by atoms with Gasteiger partial charge >= 0.3 is 11.9 Å². The van der Waals surface area contributed by atoms with Gasteiger partial charge in [-0.3, -0.25) is 9.59 Å². The number of hydrogen-bond donors (Lipinski definition) is 2. The van der Waals surface area contributed by atoms with E-state index in [-0.39, 0.29) is 24.1 Å². The van der Waals surface area contributed by atoms with Crippen LogP contribution in [0.15, 0.2) is 12.7 Å². The van der Waals surface area contributed by atoms with E-state index in [0.29, 0.717) is 42.9 Å². The van der Waals surface area contributed by atoms with Crippen molar-refractivity contribution in [3.05, 3.63) is 12.7 Å². The van der Waals surface area contributed by atoms with E-state index in [0.717, 1.165) is 0 Å². The van der Waals surface area contributed by atoms with E-state index in [1.807, 2.05) is 4.90 Å². The summed E-state index contributed by atoms with van der Waals surface area (Å²) < 4.78 is 34.8. The molecule has 194 valence electrons. The Labute approximate surface area is 205 Å². The predicted molar refractivity (Wildman–Crippen MR) is 129 cm³/mol. The third-order valence-electron chi connectivity index (χ3n) is 5.47. The van der Waals surface area contributed by atoms with Gasteiger partial charge in [0.2, 0.25) is 10.0 Å². The van der Waals surface area contributed by atoms with Crippen LogP contribution in [0.2, 0.25) is 0 Å². The number of rotatable bonds is 9. The van der Waals surface area contributed by atoms with Gasteiger partial charge in [-0.25, -0.2) is 23.4 Å². The molecule has 0 bridgehead atoms. The van der Waals surface area contributed by atoms with Crippen molar-refractivity contribution in [1.29, 1.82) is 0 Å². The number of nitrogens with zero attached hydrogens (tertiary/aromatic N) is 5. The third kappa shape index (κ3) is 7.10. The van der Waals surface area contributed by atoms with Crippen molar-refractivity contribution in [2.24, 2.45) is 11.8 Å². The highest BCUT2D eigenvalue weighted by molar-refractivity contribution is 7.89. The molecule has 1 aliphatic rings. The Morgan fingerprint density at radius 3 is 2.43 bits per heavy atom. The highest BCUT2D eigenvalue weighted by atomic mass is 32.2. The van der Waals surface area contributed by atoms with Crippen molar-refractivity contribution in [2.45, 2.75) is 65.6 Å². The molecule has 0 radical (unpaired) electrons. The van der Waals surface area contributed by atoms with E-state index in [1.54, 1.807) is 39.2 Å². The van der Waals surface area contributed by atoms with Crippen LogP contribution in [0.25, 0.3) is 11.2 Å². The number of carboxylic acids is 1. The van der Waals surface area contributed by atoms with Crippen LogP contribution >= 0.6 is 0 Å². The zero-order chi connectivity index (χ0) is 26.0. The van der Waals surface area contributed by atoms with Gasteiger partial charge in [0.25, 0.3) is 0 Å². The summed E-state index contributed by atoms with van der Waals surface area (Å²) in [6.45, 7) is 9.67. The van der Waals surface area contributed by atoms with Gasteiger partial charge in [0, 0.05) is 13.1 Å². The Balaban J connectivity index is 1.87. The van der Waals surface area contributed by atoms with Crippen molar-refractivity contribution < 1.29 is 27.9 Å². The smallest absolute Gasteiger partial charge is 0.326 e. The van der Waals surface area contributed by atoms with Gasteiger partial charge in [-0.2, -0.15) is 4.72 Å². The fourth-order valence-corrected chi connectivity index (χ4v) is 5.58. The number of esters is 1. The van der Waals surface area contributed by atoms with Crippen molar-refractivity contribution in [1.82, 2.24) is 24.2 Å². The summed E-state index contributed by atoms with van der Waals surface area (Å²) in [5.74, 6) is -1.55. The van der Waals surface area contributed by atoms with Crippen molar-refractivity contribution >= 4 is 38.9 Å². The molecular weight excluding hydrogens is 476 g/mol. The fraction of sp³-hybridized carbons (Fsp3) is 0.682. The molecule has 0 aliphatic carbocycles. The van der Waals surface area contributed by atoms with Crippen LogP contribution in [0.5, 0.6) is 0 Å². The van der Waals surface area contributed by atoms with E-state index >= 15 is 0 Å². The fourth-order valence-electron chi connectivity index (χ4n) is 4.00. The Morgan fingerprint density at radius 2 is 1.86 bits per heavy atom. The molecule has 0 unspecified atom stereocenters. The zero-order valence-corrected chi connectivity index (χ0v) is 21.6. The number of nitrogens with one attached hydrogen (secondary N) is 1. The summed E-state index contributed by atoms with van der Waals surface area (Å²) in [4.78, 5) is 39.3. The summed E-state index contributed by atoms with van der Waals surface area (Å²) in [5, 5.41) is 9.25. The summed E-state index contributed by atoms with van der Waals surface area (Å²) in [5.41, 5.74) is 0.133. The average molecular weight is 511 g/mol. The van der Waals surface area contributed by atoms with E-state index < -0.39 is 33.6 Å². The van der Waals surface area contributed by atoms with Crippen LogP contribution in [-0.4, -0.2) is 75.5 Å². The van der Waals surface area contributed by atoms with Gasteiger partial charge in [-0.05, 0) is 39.5 Å². The average Bonchev–Trinajstić information content (AvgIpc) is 3.14. The first-order valence-corrected chi connectivity index (χ1v) is 13.3. The van der Waals surface area contributed by atoms with Crippen LogP contribution < -0.4 is 9.62 Å². The van der Waals surface area contributed by atoms with Gasteiger partial charge in [-0.15, -0.1) is 0 Å².